The van der Waals surface area contributed by atoms with Crippen molar-refractivity contribution < 1.29 is 9.90 Å². The van der Waals surface area contributed by atoms with Gasteiger partial charge < -0.3 is 5.11 Å². The summed E-state index contributed by atoms with van der Waals surface area (Å²) in [4.78, 5) is 15.2. The maximum Gasteiger partial charge on any atom is 0.316 e. The van der Waals surface area contributed by atoms with E-state index in [1.807, 2.05) is 24.3 Å². The Kier molecular flexibility index (Phi) is 6.70. The van der Waals surface area contributed by atoms with Crippen LogP contribution in [0.5, 0.6) is 0 Å². The Balaban J connectivity index is 0.00000243. The number of benzene rings is 2. The van der Waals surface area contributed by atoms with E-state index in [9.17, 15) is 9.90 Å². The van der Waals surface area contributed by atoms with E-state index < -0.39 is 11.4 Å². The van der Waals surface area contributed by atoms with Crippen LogP contribution in [0.25, 0.3) is 10.8 Å². The molecule has 4 heteroatoms. The zero-order valence-electron chi connectivity index (χ0n) is 15.9. The van der Waals surface area contributed by atoms with Crippen LogP contribution in [0.3, 0.4) is 0 Å². The number of carboxylic acids is 1. The number of carbonyl (C=O) groups is 1. The quantitative estimate of drug-likeness (QED) is 0.788. The minimum Gasteiger partial charge on any atom is -0.481 e. The van der Waals surface area contributed by atoms with Crippen molar-refractivity contribution in [2.24, 2.45) is 5.92 Å². The number of hydrogen-bond acceptors (Lipinski definition) is 2. The smallest absolute Gasteiger partial charge is 0.316 e. The normalized spacial score (nSPS) is 18.9. The summed E-state index contributed by atoms with van der Waals surface area (Å²) in [6, 6.07) is 14.2. The number of carboxylic acid groups (broad SMARTS) is 1. The first-order chi connectivity index (χ1) is 12.0. The molecule has 1 aliphatic rings. The lowest BCUT2D eigenvalue weighted by atomic mass is 9.65. The van der Waals surface area contributed by atoms with E-state index in [-0.39, 0.29) is 24.4 Å². The summed E-state index contributed by atoms with van der Waals surface area (Å²) in [5.41, 5.74) is 0.0317. The van der Waals surface area contributed by atoms with Crippen LogP contribution in [0.1, 0.15) is 45.6 Å². The zero-order chi connectivity index (χ0) is 18.0. The molecule has 2 unspecified atom stereocenters. The molecule has 1 heterocycles. The summed E-state index contributed by atoms with van der Waals surface area (Å²) in [6.45, 7) is 8.20. The van der Waals surface area contributed by atoms with E-state index in [4.69, 9.17) is 0 Å². The molecule has 142 valence electrons. The fourth-order valence-electron chi connectivity index (χ4n) is 4.74. The van der Waals surface area contributed by atoms with Crippen LogP contribution in [-0.2, 0) is 10.2 Å². The predicted octanol–water partition coefficient (Wildman–Crippen LogP) is 5.11. The molecule has 0 aliphatic carbocycles. The van der Waals surface area contributed by atoms with Gasteiger partial charge in [-0.05, 0) is 55.1 Å². The van der Waals surface area contributed by atoms with Crippen LogP contribution >= 0.6 is 12.4 Å². The third kappa shape index (κ3) is 3.35. The molecule has 1 fully saturated rings. The SMILES string of the molecule is CC(C)C(C(=O)O)(c1cccc2ccccc12)C(C)N1CCCCC1.Cl. The number of fused-ring (bicyclic) bond motifs is 1. The van der Waals surface area contributed by atoms with Gasteiger partial charge in [-0.2, -0.15) is 0 Å². The molecule has 1 N–H and O–H groups in total. The molecule has 0 bridgehead atoms. The highest BCUT2D eigenvalue weighted by atomic mass is 35.5. The standard InChI is InChI=1S/C22H29NO2.ClH/c1-16(2)22(21(24)25,17(3)23-14-7-4-8-15-23)20-13-9-11-18-10-5-6-12-19(18)20;/h5-6,9-13,16-17H,4,7-8,14-15H2,1-3H3,(H,24,25);1H. The van der Waals surface area contributed by atoms with Gasteiger partial charge in [0.25, 0.3) is 0 Å². The van der Waals surface area contributed by atoms with Gasteiger partial charge >= 0.3 is 5.97 Å². The average Bonchev–Trinajstić information content (AvgIpc) is 2.62. The molecule has 3 rings (SSSR count). The maximum absolute atomic E-state index is 12.8. The van der Waals surface area contributed by atoms with E-state index >= 15 is 0 Å². The second-order valence-corrected chi connectivity index (χ2v) is 7.63. The van der Waals surface area contributed by atoms with Crippen LogP contribution in [0.4, 0.5) is 0 Å². The lowest BCUT2D eigenvalue weighted by Crippen LogP contribution is -2.57. The molecule has 0 amide bonds. The van der Waals surface area contributed by atoms with Gasteiger partial charge in [-0.1, -0.05) is 62.7 Å². The van der Waals surface area contributed by atoms with E-state index in [1.165, 1.54) is 6.42 Å². The largest absolute Gasteiger partial charge is 0.481 e. The summed E-state index contributed by atoms with van der Waals surface area (Å²) >= 11 is 0. The fraction of sp³-hybridized carbons (Fsp3) is 0.500. The Bertz CT molecular complexity index is 749. The van der Waals surface area contributed by atoms with Crippen molar-refractivity contribution in [2.75, 3.05) is 13.1 Å². The zero-order valence-corrected chi connectivity index (χ0v) is 16.8. The fourth-order valence-corrected chi connectivity index (χ4v) is 4.74. The predicted molar refractivity (Wildman–Crippen MR) is 110 cm³/mol. The number of halogens is 1. The highest BCUT2D eigenvalue weighted by Gasteiger charge is 2.50. The molecular formula is C22H30ClNO2. The monoisotopic (exact) mass is 375 g/mol. The minimum absolute atomic E-state index is 0. The van der Waals surface area contributed by atoms with E-state index in [1.54, 1.807) is 0 Å². The van der Waals surface area contributed by atoms with Crippen molar-refractivity contribution in [1.29, 1.82) is 0 Å². The summed E-state index contributed by atoms with van der Waals surface area (Å²) in [5, 5.41) is 12.7. The van der Waals surface area contributed by atoms with E-state index in [0.717, 1.165) is 42.3 Å². The molecule has 2 aromatic carbocycles. The summed E-state index contributed by atoms with van der Waals surface area (Å²) in [5.74, 6) is -0.718. The van der Waals surface area contributed by atoms with Gasteiger partial charge in [0.2, 0.25) is 0 Å². The molecule has 3 nitrogen and oxygen atoms in total. The molecule has 0 saturated carbocycles. The first kappa shape index (κ1) is 20.7. The molecule has 0 radical (unpaired) electrons. The van der Waals surface area contributed by atoms with Crippen LogP contribution in [0.15, 0.2) is 42.5 Å². The lowest BCUT2D eigenvalue weighted by molar-refractivity contribution is -0.149. The second kappa shape index (κ2) is 8.41. The molecule has 0 spiro atoms. The molecule has 2 atom stereocenters. The van der Waals surface area contributed by atoms with Crippen LogP contribution in [0.2, 0.25) is 0 Å². The molecule has 26 heavy (non-hydrogen) atoms. The van der Waals surface area contributed by atoms with Crippen molar-refractivity contribution in [1.82, 2.24) is 4.90 Å². The van der Waals surface area contributed by atoms with Crippen molar-refractivity contribution in [3.8, 4) is 0 Å². The number of hydrogen-bond donors (Lipinski definition) is 1. The molecule has 0 aromatic heterocycles. The Morgan fingerprint density at radius 1 is 1.00 bits per heavy atom. The van der Waals surface area contributed by atoms with E-state index in [2.05, 4.69) is 43.9 Å². The number of rotatable bonds is 5. The van der Waals surface area contributed by atoms with Crippen molar-refractivity contribution in [2.45, 2.75) is 51.5 Å². The first-order valence-corrected chi connectivity index (χ1v) is 9.45. The van der Waals surface area contributed by atoms with Crippen molar-refractivity contribution in [3.05, 3.63) is 48.0 Å². The van der Waals surface area contributed by atoms with Crippen LogP contribution in [-0.4, -0.2) is 35.1 Å². The first-order valence-electron chi connectivity index (χ1n) is 9.45. The highest BCUT2D eigenvalue weighted by Crippen LogP contribution is 2.42. The lowest BCUT2D eigenvalue weighted by Gasteiger charge is -2.46. The van der Waals surface area contributed by atoms with Gasteiger partial charge in [-0.25, -0.2) is 0 Å². The Labute approximate surface area is 162 Å². The van der Waals surface area contributed by atoms with Gasteiger partial charge in [0, 0.05) is 6.04 Å². The number of likely N-dealkylation sites (tertiary alicyclic amines) is 1. The molecule has 1 saturated heterocycles. The molecule has 2 aromatic rings. The van der Waals surface area contributed by atoms with Crippen LogP contribution < -0.4 is 0 Å². The summed E-state index contributed by atoms with van der Waals surface area (Å²) in [6.07, 6.45) is 3.57. The van der Waals surface area contributed by atoms with Crippen molar-refractivity contribution in [3.63, 3.8) is 0 Å². The number of aliphatic carboxylic acids is 1. The number of piperidine rings is 1. The Morgan fingerprint density at radius 3 is 2.23 bits per heavy atom. The van der Waals surface area contributed by atoms with Crippen molar-refractivity contribution >= 4 is 29.1 Å². The summed E-state index contributed by atoms with van der Waals surface area (Å²) in [7, 11) is 0. The topological polar surface area (TPSA) is 40.5 Å². The maximum atomic E-state index is 12.8. The highest BCUT2D eigenvalue weighted by molar-refractivity contribution is 5.94. The number of nitrogens with zero attached hydrogens (tertiary/aromatic N) is 1. The second-order valence-electron chi connectivity index (χ2n) is 7.63. The molecular weight excluding hydrogens is 346 g/mol. The average molecular weight is 376 g/mol. The molecule has 1 aliphatic heterocycles. The summed E-state index contributed by atoms with van der Waals surface area (Å²) < 4.78 is 0. The minimum atomic E-state index is -0.918. The Morgan fingerprint density at radius 2 is 1.62 bits per heavy atom. The van der Waals surface area contributed by atoms with Gasteiger partial charge in [-0.3, -0.25) is 9.69 Å². The van der Waals surface area contributed by atoms with Gasteiger partial charge in [0.15, 0.2) is 0 Å². The third-order valence-corrected chi connectivity index (χ3v) is 6.10. The van der Waals surface area contributed by atoms with E-state index in [0.29, 0.717) is 0 Å². The van der Waals surface area contributed by atoms with Gasteiger partial charge in [0.05, 0.1) is 0 Å². The third-order valence-electron chi connectivity index (χ3n) is 6.10. The van der Waals surface area contributed by atoms with Crippen LogP contribution in [0, 0.1) is 5.92 Å². The Hall–Kier alpha value is -1.58. The van der Waals surface area contributed by atoms with Gasteiger partial charge in [-0.15, -0.1) is 12.4 Å². The van der Waals surface area contributed by atoms with Gasteiger partial charge in [0.1, 0.15) is 5.41 Å².